The molecule has 1 aliphatic heterocycles. The SMILES string of the molecule is COCCN1CCC(CNC(=O)c2cc(Cl)cc(Cl)c2)CC1. The largest absolute Gasteiger partial charge is 0.383 e. The van der Waals surface area contributed by atoms with Gasteiger partial charge in [0.25, 0.3) is 5.91 Å². The number of nitrogens with one attached hydrogen (secondary N) is 1. The zero-order chi connectivity index (χ0) is 15.9. The van der Waals surface area contributed by atoms with Crippen molar-refractivity contribution < 1.29 is 9.53 Å². The van der Waals surface area contributed by atoms with E-state index in [0.29, 0.717) is 28.1 Å². The molecule has 1 aliphatic rings. The molecule has 0 unspecified atom stereocenters. The van der Waals surface area contributed by atoms with Gasteiger partial charge >= 0.3 is 0 Å². The van der Waals surface area contributed by atoms with Crippen LogP contribution in [-0.2, 0) is 4.74 Å². The smallest absolute Gasteiger partial charge is 0.251 e. The van der Waals surface area contributed by atoms with Crippen LogP contribution in [-0.4, -0.2) is 50.7 Å². The summed E-state index contributed by atoms with van der Waals surface area (Å²) in [5.74, 6) is 0.406. The van der Waals surface area contributed by atoms with Crippen LogP contribution in [0.1, 0.15) is 23.2 Å². The molecule has 1 fully saturated rings. The number of likely N-dealkylation sites (tertiary alicyclic amines) is 1. The average molecular weight is 345 g/mol. The van der Waals surface area contributed by atoms with Crippen LogP contribution in [0.5, 0.6) is 0 Å². The van der Waals surface area contributed by atoms with Crippen molar-refractivity contribution in [3.8, 4) is 0 Å². The van der Waals surface area contributed by atoms with Gasteiger partial charge in [0, 0.05) is 35.8 Å². The van der Waals surface area contributed by atoms with Gasteiger partial charge in [-0.1, -0.05) is 23.2 Å². The van der Waals surface area contributed by atoms with E-state index in [-0.39, 0.29) is 5.91 Å². The van der Waals surface area contributed by atoms with Crippen LogP contribution in [0.15, 0.2) is 18.2 Å². The second kappa shape index (κ2) is 8.73. The summed E-state index contributed by atoms with van der Waals surface area (Å²) in [6.45, 7) is 4.58. The van der Waals surface area contributed by atoms with Crippen molar-refractivity contribution in [1.29, 1.82) is 0 Å². The molecule has 6 heteroatoms. The lowest BCUT2D eigenvalue weighted by molar-refractivity contribution is 0.0926. The zero-order valence-corrected chi connectivity index (χ0v) is 14.3. The van der Waals surface area contributed by atoms with Gasteiger partial charge in [-0.2, -0.15) is 0 Å². The Labute approximate surface area is 141 Å². The van der Waals surface area contributed by atoms with E-state index >= 15 is 0 Å². The maximum atomic E-state index is 12.1. The normalized spacial score (nSPS) is 16.7. The number of hydrogen-bond donors (Lipinski definition) is 1. The maximum absolute atomic E-state index is 12.1. The van der Waals surface area contributed by atoms with Crippen LogP contribution in [0.4, 0.5) is 0 Å². The molecule has 22 heavy (non-hydrogen) atoms. The Bertz CT molecular complexity index is 483. The Morgan fingerprint density at radius 1 is 1.27 bits per heavy atom. The molecule has 2 rings (SSSR count). The van der Waals surface area contributed by atoms with E-state index < -0.39 is 0 Å². The van der Waals surface area contributed by atoms with Gasteiger partial charge in [0.1, 0.15) is 0 Å². The Morgan fingerprint density at radius 3 is 2.50 bits per heavy atom. The third kappa shape index (κ3) is 5.43. The monoisotopic (exact) mass is 344 g/mol. The van der Waals surface area contributed by atoms with Crippen molar-refractivity contribution in [3.63, 3.8) is 0 Å². The molecule has 4 nitrogen and oxygen atoms in total. The summed E-state index contributed by atoms with van der Waals surface area (Å²) < 4.78 is 5.10. The van der Waals surface area contributed by atoms with Crippen LogP contribution < -0.4 is 5.32 Å². The third-order valence-electron chi connectivity index (χ3n) is 3.99. The zero-order valence-electron chi connectivity index (χ0n) is 12.8. The van der Waals surface area contributed by atoms with Crippen molar-refractivity contribution in [2.45, 2.75) is 12.8 Å². The fraction of sp³-hybridized carbons (Fsp3) is 0.562. The molecule has 122 valence electrons. The Balaban J connectivity index is 1.75. The predicted octanol–water partition coefficient (Wildman–Crippen LogP) is 3.08. The number of nitrogens with zero attached hydrogens (tertiary/aromatic N) is 1. The van der Waals surface area contributed by atoms with E-state index in [0.717, 1.165) is 39.1 Å². The Morgan fingerprint density at radius 2 is 1.91 bits per heavy atom. The van der Waals surface area contributed by atoms with Crippen molar-refractivity contribution in [2.24, 2.45) is 5.92 Å². The van der Waals surface area contributed by atoms with Crippen LogP contribution in [0.2, 0.25) is 10.0 Å². The third-order valence-corrected chi connectivity index (χ3v) is 4.43. The summed E-state index contributed by atoms with van der Waals surface area (Å²) >= 11 is 11.8. The number of halogens is 2. The topological polar surface area (TPSA) is 41.6 Å². The summed E-state index contributed by atoms with van der Waals surface area (Å²) in [6, 6.07) is 4.89. The van der Waals surface area contributed by atoms with E-state index in [1.807, 2.05) is 0 Å². The molecule has 0 aliphatic carbocycles. The number of piperidine rings is 1. The number of carbonyl (C=O) groups is 1. The molecule has 0 bridgehead atoms. The van der Waals surface area contributed by atoms with Gasteiger partial charge in [0.05, 0.1) is 6.61 Å². The minimum Gasteiger partial charge on any atom is -0.383 e. The highest BCUT2D eigenvalue weighted by Crippen LogP contribution is 2.20. The Hall–Kier alpha value is -0.810. The summed E-state index contributed by atoms with van der Waals surface area (Å²) in [4.78, 5) is 14.5. The predicted molar refractivity (Wildman–Crippen MR) is 89.8 cm³/mol. The van der Waals surface area contributed by atoms with E-state index in [9.17, 15) is 4.79 Å². The van der Waals surface area contributed by atoms with Gasteiger partial charge in [-0.3, -0.25) is 4.79 Å². The highest BCUT2D eigenvalue weighted by Gasteiger charge is 2.19. The number of amides is 1. The first-order chi connectivity index (χ1) is 10.6. The maximum Gasteiger partial charge on any atom is 0.251 e. The molecule has 1 saturated heterocycles. The minimum atomic E-state index is -0.119. The number of carbonyl (C=O) groups excluding carboxylic acids is 1. The van der Waals surface area contributed by atoms with E-state index in [4.69, 9.17) is 27.9 Å². The molecule has 0 spiro atoms. The van der Waals surface area contributed by atoms with Gasteiger partial charge in [0.2, 0.25) is 0 Å². The number of ether oxygens (including phenoxy) is 1. The van der Waals surface area contributed by atoms with Crippen molar-refractivity contribution in [2.75, 3.05) is 39.9 Å². The quantitative estimate of drug-likeness (QED) is 0.862. The summed E-state index contributed by atoms with van der Waals surface area (Å²) in [5.41, 5.74) is 0.509. The summed E-state index contributed by atoms with van der Waals surface area (Å²) in [7, 11) is 1.73. The second-order valence-electron chi connectivity index (χ2n) is 5.65. The molecule has 1 N–H and O–H groups in total. The van der Waals surface area contributed by atoms with E-state index in [1.54, 1.807) is 25.3 Å². The molecular formula is C16H22Cl2N2O2. The average Bonchev–Trinajstić information content (AvgIpc) is 2.50. The number of rotatable bonds is 6. The molecule has 0 atom stereocenters. The lowest BCUT2D eigenvalue weighted by atomic mass is 9.96. The summed E-state index contributed by atoms with van der Waals surface area (Å²) in [6.07, 6.45) is 2.20. The van der Waals surface area contributed by atoms with Gasteiger partial charge in [-0.15, -0.1) is 0 Å². The molecule has 1 amide bonds. The van der Waals surface area contributed by atoms with E-state index in [2.05, 4.69) is 10.2 Å². The number of hydrogen-bond acceptors (Lipinski definition) is 3. The molecular weight excluding hydrogens is 323 g/mol. The van der Waals surface area contributed by atoms with Crippen molar-refractivity contribution >= 4 is 29.1 Å². The molecule has 1 aromatic carbocycles. The number of benzene rings is 1. The van der Waals surface area contributed by atoms with Crippen LogP contribution >= 0.6 is 23.2 Å². The first-order valence-corrected chi connectivity index (χ1v) is 8.29. The second-order valence-corrected chi connectivity index (χ2v) is 6.52. The Kier molecular flexibility index (Phi) is 6.96. The first-order valence-electron chi connectivity index (χ1n) is 7.54. The first kappa shape index (κ1) is 17.5. The molecule has 0 aromatic heterocycles. The lowest BCUT2D eigenvalue weighted by Crippen LogP contribution is -2.39. The van der Waals surface area contributed by atoms with Crippen molar-refractivity contribution in [3.05, 3.63) is 33.8 Å². The van der Waals surface area contributed by atoms with Crippen molar-refractivity contribution in [1.82, 2.24) is 10.2 Å². The van der Waals surface area contributed by atoms with Crippen LogP contribution in [0.3, 0.4) is 0 Å². The minimum absolute atomic E-state index is 0.119. The standard InChI is InChI=1S/C16H22Cl2N2O2/c1-22-7-6-20-4-2-12(3-5-20)11-19-16(21)13-8-14(17)10-15(18)9-13/h8-10,12H,2-7,11H2,1H3,(H,19,21). The van der Waals surface area contributed by atoms with E-state index in [1.165, 1.54) is 0 Å². The van der Waals surface area contributed by atoms with Gasteiger partial charge in [-0.05, 0) is 50.0 Å². The van der Waals surface area contributed by atoms with Gasteiger partial charge in [-0.25, -0.2) is 0 Å². The lowest BCUT2D eigenvalue weighted by Gasteiger charge is -2.31. The molecule has 1 aromatic rings. The fourth-order valence-electron chi connectivity index (χ4n) is 2.66. The molecule has 0 radical (unpaired) electrons. The van der Waals surface area contributed by atoms with Crippen LogP contribution in [0, 0.1) is 5.92 Å². The highest BCUT2D eigenvalue weighted by atomic mass is 35.5. The fourth-order valence-corrected chi connectivity index (χ4v) is 3.18. The van der Waals surface area contributed by atoms with Gasteiger partial charge in [0.15, 0.2) is 0 Å². The molecule has 0 saturated carbocycles. The van der Waals surface area contributed by atoms with Crippen LogP contribution in [0.25, 0.3) is 0 Å². The molecule has 1 heterocycles. The number of methoxy groups -OCH3 is 1. The summed E-state index contributed by atoms with van der Waals surface area (Å²) in [5, 5.41) is 3.93. The highest BCUT2D eigenvalue weighted by molar-refractivity contribution is 6.35. The van der Waals surface area contributed by atoms with Gasteiger partial charge < -0.3 is 15.0 Å².